The molecule has 5 rings (SSSR count). The zero-order valence-corrected chi connectivity index (χ0v) is 22.5. The third-order valence-electron chi connectivity index (χ3n) is 7.76. The van der Waals surface area contributed by atoms with Crippen molar-refractivity contribution in [2.24, 2.45) is 5.73 Å². The molecule has 2 aliphatic rings. The molecule has 2 atom stereocenters. The van der Waals surface area contributed by atoms with Gasteiger partial charge in [-0.15, -0.1) is 0 Å². The average molecular weight is 587 g/mol. The minimum Gasteiger partial charge on any atom is -0.489 e. The fourth-order valence-electron chi connectivity index (χ4n) is 5.03. The number of carbonyl (C=O) groups excluding carboxylic acids is 3. The molecule has 0 saturated heterocycles. The molecule has 13 heteroatoms. The summed E-state index contributed by atoms with van der Waals surface area (Å²) in [5.41, 5.74) is 0.241. The van der Waals surface area contributed by atoms with Gasteiger partial charge in [-0.3, -0.25) is 14.4 Å². The van der Waals surface area contributed by atoms with Gasteiger partial charge in [0.2, 0.25) is 11.5 Å². The molecule has 0 unspecified atom stereocenters. The Morgan fingerprint density at radius 1 is 1.17 bits per heavy atom. The predicted octanol–water partition coefficient (Wildman–Crippen LogP) is 3.18. The predicted molar refractivity (Wildman–Crippen MR) is 141 cm³/mol. The number of amides is 3. The Bertz CT molecular complexity index is 1610. The average Bonchev–Trinajstić information content (AvgIpc) is 3.47. The van der Waals surface area contributed by atoms with E-state index in [2.05, 4.69) is 10.3 Å². The number of benzene rings is 2. The number of ether oxygens (including phenoxy) is 1. The van der Waals surface area contributed by atoms with Gasteiger partial charge in [-0.1, -0.05) is 0 Å². The fraction of sp³-hybridized carbons (Fsp3) is 0.310. The van der Waals surface area contributed by atoms with Crippen LogP contribution in [0.4, 0.5) is 17.6 Å². The number of rotatable bonds is 7. The zero-order chi connectivity index (χ0) is 30.6. The Kier molecular flexibility index (Phi) is 6.96. The lowest BCUT2D eigenvalue weighted by Crippen LogP contribution is -2.51. The van der Waals surface area contributed by atoms with Gasteiger partial charge in [-0.2, -0.15) is 13.2 Å². The third kappa shape index (κ3) is 4.63. The van der Waals surface area contributed by atoms with Crippen LogP contribution in [0.25, 0.3) is 11.3 Å². The number of hydrogen-bond acceptors (Lipinski definition) is 6. The van der Waals surface area contributed by atoms with Crippen LogP contribution in [0.15, 0.2) is 48.5 Å². The van der Waals surface area contributed by atoms with E-state index in [1.807, 2.05) is 0 Å². The Morgan fingerprint density at radius 3 is 2.48 bits per heavy atom. The molecular weight excluding hydrogens is 560 g/mol. The van der Waals surface area contributed by atoms with Gasteiger partial charge in [0.25, 0.3) is 11.8 Å². The van der Waals surface area contributed by atoms with Crippen LogP contribution in [0.3, 0.4) is 0 Å². The van der Waals surface area contributed by atoms with E-state index in [1.165, 1.54) is 37.3 Å². The largest absolute Gasteiger partial charge is 0.489 e. The van der Waals surface area contributed by atoms with Crippen molar-refractivity contribution < 1.29 is 41.8 Å². The highest BCUT2D eigenvalue weighted by molar-refractivity contribution is 6.01. The summed E-state index contributed by atoms with van der Waals surface area (Å²) < 4.78 is 63.0. The van der Waals surface area contributed by atoms with Crippen LogP contribution in [0.2, 0.25) is 0 Å². The van der Waals surface area contributed by atoms with Crippen molar-refractivity contribution in [2.45, 2.75) is 37.6 Å². The second kappa shape index (κ2) is 10.1. The summed E-state index contributed by atoms with van der Waals surface area (Å²) in [6.45, 7) is 2.24. The first-order valence-corrected chi connectivity index (χ1v) is 12.9. The molecule has 0 spiro atoms. The van der Waals surface area contributed by atoms with Crippen LogP contribution in [-0.4, -0.2) is 58.6 Å². The van der Waals surface area contributed by atoms with Gasteiger partial charge in [0, 0.05) is 35.3 Å². The van der Waals surface area contributed by atoms with E-state index in [0.717, 1.165) is 18.2 Å². The van der Waals surface area contributed by atoms with E-state index >= 15 is 0 Å². The van der Waals surface area contributed by atoms with Crippen molar-refractivity contribution in [3.63, 3.8) is 0 Å². The number of aliphatic hydroxyl groups is 1. The SMILES string of the molecule is CCN1Cc2cc(C(=O)NC[C@](O)(c3cc4c(c(-c5ccc(F)cc5)n3)OC[C@]4(C)C(N)=O)C(F)(F)F)ccc2C1=O. The standard InChI is InChI=1S/C29H26F4N4O5/c1-3-37-12-17-10-16(6-9-19(17)25(37)39)24(38)35-13-28(41,29(31,32)33)21-11-20-23(42-14-27(20,2)26(34)40)22(36-21)15-4-7-18(30)8-5-15/h4-11,41H,3,12-14H2,1-2H3,(H2,34,40)(H,35,38)/t27-,28-/m0/s1. The second-order valence-corrected chi connectivity index (χ2v) is 10.5. The van der Waals surface area contributed by atoms with E-state index in [1.54, 1.807) is 11.8 Å². The van der Waals surface area contributed by atoms with E-state index in [9.17, 15) is 37.1 Å². The molecule has 0 saturated carbocycles. The number of aromatic nitrogens is 1. The molecule has 0 radical (unpaired) electrons. The van der Waals surface area contributed by atoms with Crippen LogP contribution in [0.1, 0.15) is 51.4 Å². The van der Waals surface area contributed by atoms with Crippen LogP contribution in [-0.2, 0) is 22.4 Å². The molecule has 3 heterocycles. The summed E-state index contributed by atoms with van der Waals surface area (Å²) >= 11 is 0. The Morgan fingerprint density at radius 2 is 1.86 bits per heavy atom. The molecule has 2 aliphatic heterocycles. The van der Waals surface area contributed by atoms with Crippen molar-refractivity contribution in [1.29, 1.82) is 0 Å². The monoisotopic (exact) mass is 586 g/mol. The molecule has 4 N–H and O–H groups in total. The van der Waals surface area contributed by atoms with Gasteiger partial charge in [0.15, 0.2) is 0 Å². The number of nitrogens with zero attached hydrogens (tertiary/aromatic N) is 2. The van der Waals surface area contributed by atoms with Gasteiger partial charge in [-0.25, -0.2) is 9.37 Å². The number of hydrogen-bond donors (Lipinski definition) is 3. The highest BCUT2D eigenvalue weighted by atomic mass is 19.4. The van der Waals surface area contributed by atoms with Gasteiger partial charge in [0.1, 0.15) is 29.3 Å². The molecular formula is C29H26F4N4O5. The number of halogens is 4. The van der Waals surface area contributed by atoms with Crippen molar-refractivity contribution >= 4 is 17.7 Å². The van der Waals surface area contributed by atoms with Crippen molar-refractivity contribution in [3.8, 4) is 17.0 Å². The first-order valence-electron chi connectivity index (χ1n) is 12.9. The molecule has 0 fully saturated rings. The smallest absolute Gasteiger partial charge is 0.424 e. The van der Waals surface area contributed by atoms with Gasteiger partial charge < -0.3 is 25.8 Å². The summed E-state index contributed by atoms with van der Waals surface area (Å²) in [6.07, 6.45) is -5.35. The summed E-state index contributed by atoms with van der Waals surface area (Å²) in [7, 11) is 0. The summed E-state index contributed by atoms with van der Waals surface area (Å²) in [5.74, 6) is -2.66. The van der Waals surface area contributed by atoms with E-state index in [-0.39, 0.29) is 47.2 Å². The molecule has 1 aromatic heterocycles. The molecule has 0 bridgehead atoms. The van der Waals surface area contributed by atoms with E-state index in [0.29, 0.717) is 17.7 Å². The molecule has 3 aromatic rings. The third-order valence-corrected chi connectivity index (χ3v) is 7.76. The number of nitrogens with two attached hydrogens (primary N) is 1. The molecule has 220 valence electrons. The lowest BCUT2D eigenvalue weighted by Gasteiger charge is -2.31. The number of alkyl halides is 3. The lowest BCUT2D eigenvalue weighted by atomic mass is 9.81. The normalized spacial score (nSPS) is 19.1. The Balaban J connectivity index is 1.54. The van der Waals surface area contributed by atoms with Gasteiger partial charge in [-0.05, 0) is 67.9 Å². The van der Waals surface area contributed by atoms with Crippen LogP contribution in [0, 0.1) is 5.82 Å². The number of pyridine rings is 1. The molecule has 3 amide bonds. The molecule has 2 aromatic carbocycles. The summed E-state index contributed by atoms with van der Waals surface area (Å²) in [4.78, 5) is 43.3. The summed E-state index contributed by atoms with van der Waals surface area (Å²) in [6, 6.07) is 9.71. The lowest BCUT2D eigenvalue weighted by molar-refractivity contribution is -0.265. The minimum absolute atomic E-state index is 0.00681. The maximum absolute atomic E-state index is 14.6. The Hall–Kier alpha value is -4.52. The quantitative estimate of drug-likeness (QED) is 0.364. The maximum Gasteiger partial charge on any atom is 0.424 e. The van der Waals surface area contributed by atoms with Crippen LogP contribution in [0.5, 0.6) is 5.75 Å². The zero-order valence-electron chi connectivity index (χ0n) is 22.5. The molecule has 0 aliphatic carbocycles. The number of fused-ring (bicyclic) bond motifs is 2. The number of carbonyl (C=O) groups is 3. The minimum atomic E-state index is -5.35. The Labute approximate surface area is 237 Å². The van der Waals surface area contributed by atoms with Crippen molar-refractivity contribution in [1.82, 2.24) is 15.2 Å². The maximum atomic E-state index is 14.6. The van der Waals surface area contributed by atoms with Crippen LogP contribution < -0.4 is 15.8 Å². The van der Waals surface area contributed by atoms with E-state index in [4.69, 9.17) is 10.5 Å². The summed E-state index contributed by atoms with van der Waals surface area (Å²) in [5, 5.41) is 13.3. The van der Waals surface area contributed by atoms with Crippen molar-refractivity contribution in [2.75, 3.05) is 19.7 Å². The first-order chi connectivity index (χ1) is 19.7. The van der Waals surface area contributed by atoms with E-state index < -0.39 is 47.1 Å². The topological polar surface area (TPSA) is 135 Å². The van der Waals surface area contributed by atoms with Gasteiger partial charge in [0.05, 0.1) is 12.2 Å². The first kappa shape index (κ1) is 29.0. The van der Waals surface area contributed by atoms with Crippen molar-refractivity contribution in [3.05, 3.63) is 82.3 Å². The fourth-order valence-corrected chi connectivity index (χ4v) is 5.03. The second-order valence-electron chi connectivity index (χ2n) is 10.5. The molecule has 42 heavy (non-hydrogen) atoms. The highest BCUT2D eigenvalue weighted by Crippen LogP contribution is 2.47. The number of primary amides is 1. The van der Waals surface area contributed by atoms with Gasteiger partial charge >= 0.3 is 6.18 Å². The number of nitrogens with one attached hydrogen (secondary N) is 1. The highest BCUT2D eigenvalue weighted by Gasteiger charge is 2.57. The molecule has 9 nitrogen and oxygen atoms in total. The van der Waals surface area contributed by atoms with Crippen LogP contribution >= 0.6 is 0 Å².